The van der Waals surface area contributed by atoms with E-state index in [0.717, 1.165) is 0 Å². The van der Waals surface area contributed by atoms with E-state index in [1.807, 2.05) is 0 Å². The third-order valence-electron chi connectivity index (χ3n) is 0.231. The topological polar surface area (TPSA) is 46.5 Å². The van der Waals surface area contributed by atoms with Gasteiger partial charge in [0.2, 0.25) is 0 Å². The van der Waals surface area contributed by atoms with Crippen LogP contribution in [0.25, 0.3) is 0 Å². The molecule has 0 amide bonds. The summed E-state index contributed by atoms with van der Waals surface area (Å²) in [5.41, 5.74) is 0. The molecule has 0 aliphatic carbocycles. The van der Waals surface area contributed by atoms with Crippen LogP contribution in [0.4, 0.5) is 0 Å². The van der Waals surface area contributed by atoms with Gasteiger partial charge in [0, 0.05) is 12.9 Å². The van der Waals surface area contributed by atoms with Crippen LogP contribution in [-0.2, 0) is 8.98 Å². The second-order valence-electron chi connectivity index (χ2n) is 0.621. The lowest BCUT2D eigenvalue weighted by Crippen LogP contribution is -2.01. The van der Waals surface area contributed by atoms with Crippen molar-refractivity contribution in [1.82, 2.24) is 0 Å². The molecule has 0 heterocycles. The quantitative estimate of drug-likeness (QED) is 0.347. The number of hydrogen-bond acceptors (Lipinski definition) is 4. The normalized spacial score (nSPS) is 7.67. The molecule has 0 aromatic carbocycles. The van der Waals surface area contributed by atoms with Gasteiger partial charge in [-0.1, -0.05) is 0 Å². The van der Waals surface area contributed by atoms with E-state index in [1.165, 1.54) is 0 Å². The van der Waals surface area contributed by atoms with Gasteiger partial charge in [-0.05, 0) is 0 Å². The Morgan fingerprint density at radius 1 is 2.00 bits per heavy atom. The van der Waals surface area contributed by atoms with Gasteiger partial charge in [0.05, 0.1) is 0 Å². The molecule has 0 radical (unpaired) electrons. The lowest BCUT2D eigenvalue weighted by molar-refractivity contribution is -0.135. The van der Waals surface area contributed by atoms with Gasteiger partial charge in [-0.25, -0.2) is 4.79 Å². The summed E-state index contributed by atoms with van der Waals surface area (Å²) in [5, 5.41) is 7.81. The average Bonchev–Trinajstić information content (AvgIpc) is 1.65. The molecule has 0 saturated heterocycles. The summed E-state index contributed by atoms with van der Waals surface area (Å²) in [6.07, 6.45) is 0. The van der Waals surface area contributed by atoms with Crippen LogP contribution in [0.5, 0.6) is 0 Å². The summed E-state index contributed by atoms with van der Waals surface area (Å²) >= 11 is 3.09. The minimum absolute atomic E-state index is 0.608. The van der Waals surface area contributed by atoms with Gasteiger partial charge in [-0.15, -0.1) is 0 Å². The summed E-state index contributed by atoms with van der Waals surface area (Å²) in [5.74, 6) is -0.738. The Hall–Kier alpha value is -0.220. The first-order chi connectivity index (χ1) is 2.81. The Morgan fingerprint density at radius 2 is 2.50 bits per heavy atom. The van der Waals surface area contributed by atoms with Gasteiger partial charge in [-0.2, -0.15) is 0 Å². The molecule has 0 bridgehead atoms. The van der Waals surface area contributed by atoms with Gasteiger partial charge in [0.25, 0.3) is 0 Å². The number of carbonyl (C=O) groups excluding carboxylic acids is 1. The molecule has 3 nitrogen and oxygen atoms in total. The van der Waals surface area contributed by atoms with Gasteiger partial charge < -0.3 is 9.29 Å². The molecule has 0 aliphatic heterocycles. The third-order valence-corrected chi connectivity index (χ3v) is 0.435. The van der Waals surface area contributed by atoms with Crippen LogP contribution in [0.2, 0.25) is 0 Å². The van der Waals surface area contributed by atoms with E-state index < -0.39 is 12.6 Å². The molecule has 4 heteroatoms. The highest BCUT2D eigenvalue weighted by atomic mass is 32.1. The van der Waals surface area contributed by atoms with Crippen LogP contribution in [0.3, 0.4) is 0 Å². The Kier molecular flexibility index (Phi) is 2.88. The molecule has 0 spiro atoms. The minimum Gasteiger partial charge on any atom is -0.393 e. The maximum absolute atomic E-state index is 9.63. The van der Waals surface area contributed by atoms with Gasteiger partial charge >= 0.3 is 5.97 Å². The zero-order valence-electron chi connectivity index (χ0n) is 2.92. The Bertz CT molecular complexity index is 46.8. The van der Waals surface area contributed by atoms with Crippen LogP contribution in [0.1, 0.15) is 0 Å². The van der Waals surface area contributed by atoms with Gasteiger partial charge in [-0.3, -0.25) is 0 Å². The first-order valence-electron chi connectivity index (χ1n) is 1.26. The summed E-state index contributed by atoms with van der Waals surface area (Å²) in [6, 6.07) is 0. The van der Waals surface area contributed by atoms with Crippen molar-refractivity contribution in [3.8, 4) is 0 Å². The minimum atomic E-state index is -0.738. The third kappa shape index (κ3) is 2.04. The first-order valence-corrected chi connectivity index (χ1v) is 1.63. The van der Waals surface area contributed by atoms with Crippen molar-refractivity contribution < 1.29 is 14.1 Å². The van der Waals surface area contributed by atoms with E-state index in [1.54, 1.807) is 0 Å². The SMILES string of the molecule is O=C(CO)OS. The van der Waals surface area contributed by atoms with Crippen LogP contribution in [0, 0.1) is 0 Å². The fraction of sp³-hybridized carbons (Fsp3) is 0.500. The monoisotopic (exact) mass is 108 g/mol. The number of thiol groups is 1. The van der Waals surface area contributed by atoms with Crippen molar-refractivity contribution >= 4 is 18.9 Å². The zero-order chi connectivity index (χ0) is 4.99. The fourth-order valence-electron chi connectivity index (χ4n) is 0.0289. The molecule has 36 valence electrons. The fourth-order valence-corrected chi connectivity index (χ4v) is 0.0866. The maximum atomic E-state index is 9.63. The molecule has 0 fully saturated rings. The number of hydrogen-bond donors (Lipinski definition) is 2. The van der Waals surface area contributed by atoms with Crippen LogP contribution in [0.15, 0.2) is 0 Å². The highest BCUT2D eigenvalue weighted by molar-refractivity contribution is 7.75. The van der Waals surface area contributed by atoms with Crippen molar-refractivity contribution in [2.24, 2.45) is 0 Å². The van der Waals surface area contributed by atoms with E-state index in [0.29, 0.717) is 0 Å². The summed E-state index contributed by atoms with van der Waals surface area (Å²) in [4.78, 5) is 9.63. The van der Waals surface area contributed by atoms with E-state index in [2.05, 4.69) is 17.1 Å². The van der Waals surface area contributed by atoms with Gasteiger partial charge in [0.1, 0.15) is 6.61 Å². The smallest absolute Gasteiger partial charge is 0.343 e. The molecule has 1 N–H and O–H groups in total. The number of carbonyl (C=O) groups is 1. The van der Waals surface area contributed by atoms with E-state index in [4.69, 9.17) is 5.11 Å². The predicted molar refractivity (Wildman–Crippen MR) is 22.2 cm³/mol. The Morgan fingerprint density at radius 3 is 2.50 bits per heavy atom. The molecule has 0 saturated carbocycles. The van der Waals surface area contributed by atoms with Crippen molar-refractivity contribution in [2.45, 2.75) is 0 Å². The highest BCUT2D eigenvalue weighted by Gasteiger charge is 1.90. The Balaban J connectivity index is 2.99. The van der Waals surface area contributed by atoms with Crippen LogP contribution < -0.4 is 0 Å². The largest absolute Gasteiger partial charge is 0.393 e. The number of aliphatic hydroxyl groups is 1. The standard InChI is InChI=1S/C2H4O3S/c3-1-2(4)5-6/h3,6H,1H2. The molecule has 0 aliphatic rings. The van der Waals surface area contributed by atoms with E-state index >= 15 is 0 Å². The summed E-state index contributed by atoms with van der Waals surface area (Å²) in [7, 11) is 0. The predicted octanol–water partition coefficient (Wildman–Crippen LogP) is -0.633. The molecule has 0 rings (SSSR count). The summed E-state index contributed by atoms with van der Waals surface area (Å²) in [6.45, 7) is -0.608. The molecule has 0 atom stereocenters. The van der Waals surface area contributed by atoms with Gasteiger partial charge in [0.15, 0.2) is 0 Å². The van der Waals surface area contributed by atoms with Crippen molar-refractivity contribution in [3.63, 3.8) is 0 Å². The second kappa shape index (κ2) is 2.99. The molecular formula is C2H4O3S. The lowest BCUT2D eigenvalue weighted by Gasteiger charge is -1.84. The first kappa shape index (κ1) is 5.78. The molecule has 0 unspecified atom stereocenters. The second-order valence-corrected chi connectivity index (χ2v) is 0.804. The molecule has 6 heavy (non-hydrogen) atoms. The van der Waals surface area contributed by atoms with Crippen LogP contribution in [-0.4, -0.2) is 17.7 Å². The zero-order valence-corrected chi connectivity index (χ0v) is 3.81. The van der Waals surface area contributed by atoms with Crippen molar-refractivity contribution in [1.29, 1.82) is 0 Å². The molecule has 0 aromatic rings. The van der Waals surface area contributed by atoms with Crippen molar-refractivity contribution in [2.75, 3.05) is 6.61 Å². The molecule has 0 aromatic heterocycles. The summed E-state index contributed by atoms with van der Waals surface area (Å²) < 4.78 is 3.70. The number of aliphatic hydroxyl groups excluding tert-OH is 1. The lowest BCUT2D eigenvalue weighted by atomic mass is 10.8. The Labute approximate surface area is 40.5 Å². The number of rotatable bonds is 1. The average molecular weight is 108 g/mol. The van der Waals surface area contributed by atoms with E-state index in [-0.39, 0.29) is 0 Å². The highest BCUT2D eigenvalue weighted by Crippen LogP contribution is 1.76. The van der Waals surface area contributed by atoms with Crippen molar-refractivity contribution in [3.05, 3.63) is 0 Å². The van der Waals surface area contributed by atoms with E-state index in [9.17, 15) is 4.79 Å². The molecular weight excluding hydrogens is 104 g/mol. The maximum Gasteiger partial charge on any atom is 0.343 e. The van der Waals surface area contributed by atoms with Crippen LogP contribution >= 0.6 is 12.9 Å².